The average molecular weight is 541 g/mol. The maximum atomic E-state index is 13.6. The van der Waals surface area contributed by atoms with Gasteiger partial charge in [-0.2, -0.15) is 0 Å². The molecular weight excluding hydrogens is 515 g/mol. The van der Waals surface area contributed by atoms with Crippen LogP contribution in [0.1, 0.15) is 55.2 Å². The minimum Gasteiger partial charge on any atom is -0.457 e. The largest absolute Gasteiger partial charge is 0.457 e. The molecule has 0 saturated carbocycles. The van der Waals surface area contributed by atoms with Gasteiger partial charge in [0, 0.05) is 30.7 Å². The summed E-state index contributed by atoms with van der Waals surface area (Å²) in [5, 5.41) is 0.715. The van der Waals surface area contributed by atoms with Crippen molar-refractivity contribution in [1.82, 2.24) is 19.8 Å². The molecule has 0 aliphatic carbocycles. The summed E-state index contributed by atoms with van der Waals surface area (Å²) in [5.74, 6) is -0.937. The molecule has 0 spiro atoms. The van der Waals surface area contributed by atoms with Crippen molar-refractivity contribution in [2.45, 2.75) is 33.4 Å². The van der Waals surface area contributed by atoms with Gasteiger partial charge < -0.3 is 14.5 Å². The highest BCUT2D eigenvalue weighted by Gasteiger charge is 2.34. The van der Waals surface area contributed by atoms with Crippen molar-refractivity contribution in [3.8, 4) is 0 Å². The molecule has 0 N–H and O–H groups in total. The number of carbonyl (C=O) groups excluding carboxylic acids is 3. The van der Waals surface area contributed by atoms with Crippen LogP contribution in [0.15, 0.2) is 48.5 Å². The van der Waals surface area contributed by atoms with Gasteiger partial charge in [-0.15, -0.1) is 0 Å². The van der Waals surface area contributed by atoms with E-state index in [0.29, 0.717) is 28.6 Å². The minimum absolute atomic E-state index is 0.00390. The zero-order valence-electron chi connectivity index (χ0n) is 20.7. The molecule has 1 fully saturated rings. The Bertz CT molecular complexity index is 1350. The Morgan fingerprint density at radius 1 is 1.00 bits per heavy atom. The zero-order chi connectivity index (χ0) is 26.7. The van der Waals surface area contributed by atoms with E-state index in [4.69, 9.17) is 27.9 Å². The van der Waals surface area contributed by atoms with Crippen molar-refractivity contribution in [2.24, 2.45) is 0 Å². The van der Waals surface area contributed by atoms with Crippen molar-refractivity contribution in [1.29, 1.82) is 0 Å². The average Bonchev–Trinajstić information content (AvgIpc) is 2.86. The number of halogens is 2. The van der Waals surface area contributed by atoms with Gasteiger partial charge in [-0.05, 0) is 44.5 Å². The van der Waals surface area contributed by atoms with Crippen molar-refractivity contribution < 1.29 is 19.1 Å². The second-order valence-electron chi connectivity index (χ2n) is 8.86. The summed E-state index contributed by atoms with van der Waals surface area (Å²) in [7, 11) is 0. The number of carbonyl (C=O) groups is 3. The highest BCUT2D eigenvalue weighted by molar-refractivity contribution is 6.36. The third-order valence-corrected chi connectivity index (χ3v) is 6.71. The van der Waals surface area contributed by atoms with Crippen LogP contribution in [0.5, 0.6) is 0 Å². The summed E-state index contributed by atoms with van der Waals surface area (Å²) in [5.41, 5.74) is 1.59. The Morgan fingerprint density at radius 3 is 2.41 bits per heavy atom. The number of aryl methyl sites for hydroxylation is 2. The monoisotopic (exact) mass is 540 g/mol. The van der Waals surface area contributed by atoms with Crippen LogP contribution < -0.4 is 0 Å². The second kappa shape index (κ2) is 11.3. The van der Waals surface area contributed by atoms with E-state index in [2.05, 4.69) is 9.97 Å². The van der Waals surface area contributed by atoms with Crippen LogP contribution in [0.3, 0.4) is 0 Å². The first-order chi connectivity index (χ1) is 17.7. The smallest absolute Gasteiger partial charge is 0.342 e. The molecule has 1 atom stereocenters. The Kier molecular flexibility index (Phi) is 8.10. The van der Waals surface area contributed by atoms with E-state index < -0.39 is 11.9 Å². The second-order valence-corrected chi connectivity index (χ2v) is 9.71. The highest BCUT2D eigenvalue weighted by atomic mass is 35.5. The number of hydrogen-bond donors (Lipinski definition) is 0. The van der Waals surface area contributed by atoms with Gasteiger partial charge in [-0.3, -0.25) is 9.59 Å². The topological polar surface area (TPSA) is 92.7 Å². The van der Waals surface area contributed by atoms with Gasteiger partial charge in [0.2, 0.25) is 0 Å². The fourth-order valence-electron chi connectivity index (χ4n) is 4.32. The molecule has 0 bridgehead atoms. The predicted molar refractivity (Wildman–Crippen MR) is 140 cm³/mol. The Morgan fingerprint density at radius 2 is 1.73 bits per heavy atom. The molecule has 2 aromatic carbocycles. The fourth-order valence-corrected chi connectivity index (χ4v) is 4.81. The molecule has 1 aliphatic heterocycles. The lowest BCUT2D eigenvalue weighted by atomic mass is 10.1. The summed E-state index contributed by atoms with van der Waals surface area (Å²) >= 11 is 12.2. The van der Waals surface area contributed by atoms with E-state index in [0.717, 1.165) is 5.56 Å². The molecule has 1 aromatic heterocycles. The predicted octanol–water partition coefficient (Wildman–Crippen LogP) is 4.74. The Labute approximate surface area is 225 Å². The van der Waals surface area contributed by atoms with Crippen LogP contribution >= 0.6 is 23.2 Å². The van der Waals surface area contributed by atoms with Crippen molar-refractivity contribution in [3.05, 3.63) is 92.5 Å². The Balaban J connectivity index is 1.51. The van der Waals surface area contributed by atoms with Crippen LogP contribution in [0, 0.1) is 13.8 Å². The first-order valence-electron chi connectivity index (χ1n) is 11.8. The van der Waals surface area contributed by atoms with Crippen LogP contribution in [0.4, 0.5) is 0 Å². The molecule has 8 nitrogen and oxygen atoms in total. The number of hydrogen-bond acceptors (Lipinski definition) is 6. The quantitative estimate of drug-likeness (QED) is 0.434. The van der Waals surface area contributed by atoms with Crippen LogP contribution in [0.25, 0.3) is 0 Å². The standard InChI is InChI=1S/C27H26Cl2N4O4/c1-16-14-32(11-12-33(16)25(34)21-10-9-20(28)13-22(21)29)26(35)24-23(17(2)30-18(3)31-24)27(36)37-15-19-7-5-4-6-8-19/h4-10,13,16H,11-12,14-15H2,1-3H3. The summed E-state index contributed by atoms with van der Waals surface area (Å²) in [4.78, 5) is 51.6. The number of aromatic nitrogens is 2. The molecule has 1 unspecified atom stereocenters. The van der Waals surface area contributed by atoms with Gasteiger partial charge in [0.1, 0.15) is 23.7 Å². The molecule has 2 amide bonds. The number of ether oxygens (including phenoxy) is 1. The van der Waals surface area contributed by atoms with E-state index in [9.17, 15) is 14.4 Å². The maximum absolute atomic E-state index is 13.6. The van der Waals surface area contributed by atoms with Gasteiger partial charge in [-0.25, -0.2) is 14.8 Å². The number of amides is 2. The summed E-state index contributed by atoms with van der Waals surface area (Å²) in [6, 6.07) is 13.7. The number of nitrogens with zero attached hydrogens (tertiary/aromatic N) is 4. The van der Waals surface area contributed by atoms with Crippen molar-refractivity contribution >= 4 is 41.0 Å². The van der Waals surface area contributed by atoms with Crippen LogP contribution in [-0.4, -0.2) is 63.2 Å². The third kappa shape index (κ3) is 5.92. The van der Waals surface area contributed by atoms with E-state index in [1.54, 1.807) is 35.8 Å². The molecule has 1 saturated heterocycles. The van der Waals surface area contributed by atoms with Crippen molar-refractivity contribution in [2.75, 3.05) is 19.6 Å². The first-order valence-corrected chi connectivity index (χ1v) is 12.5. The molecule has 3 aromatic rings. The lowest BCUT2D eigenvalue weighted by Gasteiger charge is -2.40. The first kappa shape index (κ1) is 26.6. The van der Waals surface area contributed by atoms with Crippen LogP contribution in [0.2, 0.25) is 10.0 Å². The van der Waals surface area contributed by atoms with E-state index in [-0.39, 0.29) is 47.9 Å². The van der Waals surface area contributed by atoms with Gasteiger partial charge in [-0.1, -0.05) is 53.5 Å². The van der Waals surface area contributed by atoms with Gasteiger partial charge >= 0.3 is 5.97 Å². The SMILES string of the molecule is Cc1nc(C)c(C(=O)OCc2ccccc2)c(C(=O)N2CCN(C(=O)c3ccc(Cl)cc3Cl)C(C)C2)n1. The third-order valence-electron chi connectivity index (χ3n) is 6.16. The molecule has 37 heavy (non-hydrogen) atoms. The van der Waals surface area contributed by atoms with E-state index >= 15 is 0 Å². The number of rotatable bonds is 5. The summed E-state index contributed by atoms with van der Waals surface area (Å²) < 4.78 is 5.49. The molecule has 4 rings (SSSR count). The number of esters is 1. The lowest BCUT2D eigenvalue weighted by molar-refractivity contribution is 0.0401. The normalized spacial score (nSPS) is 15.4. The zero-order valence-corrected chi connectivity index (χ0v) is 22.2. The van der Waals surface area contributed by atoms with Crippen LogP contribution in [-0.2, 0) is 11.3 Å². The Hall–Kier alpha value is -3.49. The number of piperazine rings is 1. The molecule has 192 valence electrons. The van der Waals surface area contributed by atoms with Gasteiger partial charge in [0.05, 0.1) is 16.3 Å². The molecule has 10 heteroatoms. The molecular formula is C27H26Cl2N4O4. The van der Waals surface area contributed by atoms with E-state index in [1.165, 1.54) is 6.07 Å². The van der Waals surface area contributed by atoms with Crippen molar-refractivity contribution in [3.63, 3.8) is 0 Å². The minimum atomic E-state index is -0.663. The molecule has 1 aliphatic rings. The molecule has 2 heterocycles. The van der Waals surface area contributed by atoms with Gasteiger partial charge in [0.15, 0.2) is 0 Å². The summed E-state index contributed by atoms with van der Waals surface area (Å²) in [6.45, 7) is 6.05. The fraction of sp³-hybridized carbons (Fsp3) is 0.296. The lowest BCUT2D eigenvalue weighted by Crippen LogP contribution is -2.55. The summed E-state index contributed by atoms with van der Waals surface area (Å²) in [6.07, 6.45) is 0. The number of benzene rings is 2. The van der Waals surface area contributed by atoms with E-state index in [1.807, 2.05) is 37.3 Å². The molecule has 0 radical (unpaired) electrons. The maximum Gasteiger partial charge on any atom is 0.342 e. The highest BCUT2D eigenvalue weighted by Crippen LogP contribution is 2.25. The van der Waals surface area contributed by atoms with Gasteiger partial charge in [0.25, 0.3) is 11.8 Å².